The molecule has 2 fully saturated rings. The van der Waals surface area contributed by atoms with Crippen LogP contribution in [-0.2, 0) is 14.3 Å². The molecule has 6 nitrogen and oxygen atoms in total. The van der Waals surface area contributed by atoms with E-state index in [1.165, 1.54) is 12.1 Å². The summed E-state index contributed by atoms with van der Waals surface area (Å²) in [4.78, 5) is 28.3. The lowest BCUT2D eigenvalue weighted by Crippen LogP contribution is -2.44. The first-order valence-electron chi connectivity index (χ1n) is 8.27. The van der Waals surface area contributed by atoms with E-state index < -0.39 is 5.82 Å². The molecule has 1 aromatic carbocycles. The number of nitrogens with zero attached hydrogens (tertiary/aromatic N) is 2. The second-order valence-corrected chi connectivity index (χ2v) is 6.19. The Kier molecular flexibility index (Phi) is 5.42. The molecule has 3 rings (SSSR count). The van der Waals surface area contributed by atoms with Crippen LogP contribution in [0.3, 0.4) is 0 Å². The van der Waals surface area contributed by atoms with E-state index in [1.54, 1.807) is 12.1 Å². The summed E-state index contributed by atoms with van der Waals surface area (Å²) in [7, 11) is 0. The van der Waals surface area contributed by atoms with Gasteiger partial charge in [0.2, 0.25) is 11.8 Å². The van der Waals surface area contributed by atoms with Gasteiger partial charge in [-0.25, -0.2) is 4.39 Å². The van der Waals surface area contributed by atoms with Gasteiger partial charge in [-0.05, 0) is 25.1 Å². The van der Waals surface area contributed by atoms with Gasteiger partial charge in [0.1, 0.15) is 5.82 Å². The van der Waals surface area contributed by atoms with Crippen molar-refractivity contribution >= 4 is 17.5 Å². The predicted molar refractivity (Wildman–Crippen MR) is 87.0 cm³/mol. The molecule has 1 unspecified atom stereocenters. The average molecular weight is 335 g/mol. The molecule has 0 aliphatic carbocycles. The standard InChI is InChI=1S/C17H22FN3O3/c18-14-3-1-2-4-15(14)19-16(22)12-20-6-5-13(11-20)17(23)21-7-9-24-10-8-21/h1-4,13H,5-12H2,(H,19,22). The number of nitrogens with one attached hydrogen (secondary N) is 1. The maximum atomic E-state index is 13.5. The van der Waals surface area contributed by atoms with Crippen LogP contribution < -0.4 is 5.32 Å². The van der Waals surface area contributed by atoms with Crippen LogP contribution in [0.1, 0.15) is 6.42 Å². The van der Waals surface area contributed by atoms with Gasteiger partial charge in [-0.3, -0.25) is 14.5 Å². The molecule has 0 aromatic heterocycles. The third kappa shape index (κ3) is 4.10. The molecular formula is C17H22FN3O3. The van der Waals surface area contributed by atoms with Crippen LogP contribution in [0.25, 0.3) is 0 Å². The SMILES string of the molecule is O=C(CN1CCC(C(=O)N2CCOCC2)C1)Nc1ccccc1F. The topological polar surface area (TPSA) is 61.9 Å². The second kappa shape index (κ2) is 7.72. The fourth-order valence-electron chi connectivity index (χ4n) is 3.18. The van der Waals surface area contributed by atoms with Crippen molar-refractivity contribution in [3.05, 3.63) is 30.1 Å². The number of para-hydroxylation sites is 1. The smallest absolute Gasteiger partial charge is 0.238 e. The number of carbonyl (C=O) groups is 2. The molecule has 0 saturated carbocycles. The lowest BCUT2D eigenvalue weighted by molar-refractivity contribution is -0.139. The van der Waals surface area contributed by atoms with Gasteiger partial charge in [0.15, 0.2) is 0 Å². The Labute approximate surface area is 140 Å². The van der Waals surface area contributed by atoms with Crippen LogP contribution >= 0.6 is 0 Å². The molecule has 1 atom stereocenters. The van der Waals surface area contributed by atoms with Gasteiger partial charge in [-0.1, -0.05) is 12.1 Å². The summed E-state index contributed by atoms with van der Waals surface area (Å²) in [6.45, 7) is 3.90. The molecule has 1 N–H and O–H groups in total. The number of ether oxygens (including phenoxy) is 1. The normalized spacial score (nSPS) is 21.7. The number of carbonyl (C=O) groups excluding carboxylic acids is 2. The first-order chi connectivity index (χ1) is 11.6. The van der Waals surface area contributed by atoms with Crippen molar-refractivity contribution < 1.29 is 18.7 Å². The fraction of sp³-hybridized carbons (Fsp3) is 0.529. The summed E-state index contributed by atoms with van der Waals surface area (Å²) >= 11 is 0. The number of anilines is 1. The fourth-order valence-corrected chi connectivity index (χ4v) is 3.18. The first kappa shape index (κ1) is 16.9. The van der Waals surface area contributed by atoms with Crippen LogP contribution in [0, 0.1) is 11.7 Å². The highest BCUT2D eigenvalue weighted by Crippen LogP contribution is 2.20. The number of morpholine rings is 1. The summed E-state index contributed by atoms with van der Waals surface area (Å²) in [5.74, 6) is -0.633. The average Bonchev–Trinajstić information content (AvgIpc) is 3.05. The van der Waals surface area contributed by atoms with Crippen LogP contribution in [0.5, 0.6) is 0 Å². The van der Waals surface area contributed by atoms with E-state index in [4.69, 9.17) is 4.74 Å². The molecule has 0 radical (unpaired) electrons. The Hall–Kier alpha value is -1.99. The van der Waals surface area contributed by atoms with E-state index in [2.05, 4.69) is 5.32 Å². The molecule has 0 bridgehead atoms. The van der Waals surface area contributed by atoms with Gasteiger partial charge in [0.05, 0.1) is 31.4 Å². The molecule has 2 heterocycles. The Bertz CT molecular complexity index is 604. The Morgan fingerprint density at radius 1 is 1.21 bits per heavy atom. The number of rotatable bonds is 4. The molecular weight excluding hydrogens is 313 g/mol. The molecule has 1 aromatic rings. The molecule has 24 heavy (non-hydrogen) atoms. The highest BCUT2D eigenvalue weighted by Gasteiger charge is 2.32. The maximum Gasteiger partial charge on any atom is 0.238 e. The number of benzene rings is 1. The molecule has 2 amide bonds. The van der Waals surface area contributed by atoms with Gasteiger partial charge < -0.3 is 15.0 Å². The van der Waals surface area contributed by atoms with Crippen molar-refractivity contribution in [1.82, 2.24) is 9.80 Å². The summed E-state index contributed by atoms with van der Waals surface area (Å²) in [5, 5.41) is 2.58. The summed E-state index contributed by atoms with van der Waals surface area (Å²) in [5.41, 5.74) is 0.183. The van der Waals surface area contributed by atoms with Crippen molar-refractivity contribution in [2.45, 2.75) is 6.42 Å². The highest BCUT2D eigenvalue weighted by atomic mass is 19.1. The molecule has 2 aliphatic rings. The molecule has 2 aliphatic heterocycles. The molecule has 2 saturated heterocycles. The van der Waals surface area contributed by atoms with Crippen molar-refractivity contribution in [2.75, 3.05) is 51.3 Å². The minimum Gasteiger partial charge on any atom is -0.378 e. The number of hydrogen-bond acceptors (Lipinski definition) is 4. The van der Waals surface area contributed by atoms with Crippen LogP contribution in [0.4, 0.5) is 10.1 Å². The highest BCUT2D eigenvalue weighted by molar-refractivity contribution is 5.92. The van der Waals surface area contributed by atoms with E-state index in [1.807, 2.05) is 9.80 Å². The van der Waals surface area contributed by atoms with E-state index in [9.17, 15) is 14.0 Å². The number of halogens is 1. The van der Waals surface area contributed by atoms with Crippen LogP contribution in [-0.4, -0.2) is 67.6 Å². The molecule has 7 heteroatoms. The Morgan fingerprint density at radius 2 is 1.96 bits per heavy atom. The Morgan fingerprint density at radius 3 is 2.71 bits per heavy atom. The van der Waals surface area contributed by atoms with E-state index >= 15 is 0 Å². The van der Waals surface area contributed by atoms with Gasteiger partial charge in [0, 0.05) is 19.6 Å². The first-order valence-corrected chi connectivity index (χ1v) is 8.27. The van der Waals surface area contributed by atoms with Crippen LogP contribution in [0.15, 0.2) is 24.3 Å². The van der Waals surface area contributed by atoms with Gasteiger partial charge in [-0.2, -0.15) is 0 Å². The quantitative estimate of drug-likeness (QED) is 0.890. The number of hydrogen-bond donors (Lipinski definition) is 1. The zero-order valence-electron chi connectivity index (χ0n) is 13.5. The van der Waals surface area contributed by atoms with Crippen molar-refractivity contribution in [3.63, 3.8) is 0 Å². The van der Waals surface area contributed by atoms with Crippen LogP contribution in [0.2, 0.25) is 0 Å². The van der Waals surface area contributed by atoms with E-state index in [0.29, 0.717) is 39.4 Å². The summed E-state index contributed by atoms with van der Waals surface area (Å²) < 4.78 is 18.8. The third-order valence-electron chi connectivity index (χ3n) is 4.46. The monoisotopic (exact) mass is 335 g/mol. The maximum absolute atomic E-state index is 13.5. The zero-order valence-corrected chi connectivity index (χ0v) is 13.5. The largest absolute Gasteiger partial charge is 0.378 e. The minimum atomic E-state index is -0.451. The summed E-state index contributed by atoms with van der Waals surface area (Å²) in [6, 6.07) is 6.09. The third-order valence-corrected chi connectivity index (χ3v) is 4.46. The van der Waals surface area contributed by atoms with Gasteiger partial charge in [-0.15, -0.1) is 0 Å². The minimum absolute atomic E-state index is 0.0654. The predicted octanol–water partition coefficient (Wildman–Crippen LogP) is 0.945. The van der Waals surface area contributed by atoms with E-state index in [0.717, 1.165) is 6.42 Å². The Balaban J connectivity index is 1.48. The number of likely N-dealkylation sites (tertiary alicyclic amines) is 1. The van der Waals surface area contributed by atoms with Gasteiger partial charge >= 0.3 is 0 Å². The number of amides is 2. The van der Waals surface area contributed by atoms with Crippen molar-refractivity contribution in [1.29, 1.82) is 0 Å². The van der Waals surface area contributed by atoms with Gasteiger partial charge in [0.25, 0.3) is 0 Å². The van der Waals surface area contributed by atoms with E-state index in [-0.39, 0.29) is 30.0 Å². The lowest BCUT2D eigenvalue weighted by atomic mass is 10.1. The zero-order chi connectivity index (χ0) is 16.9. The van der Waals surface area contributed by atoms with Crippen molar-refractivity contribution in [2.24, 2.45) is 5.92 Å². The van der Waals surface area contributed by atoms with Crippen molar-refractivity contribution in [3.8, 4) is 0 Å². The molecule has 130 valence electrons. The summed E-state index contributed by atoms with van der Waals surface area (Å²) in [6.07, 6.45) is 0.753. The second-order valence-electron chi connectivity index (χ2n) is 6.19. The lowest BCUT2D eigenvalue weighted by Gasteiger charge is -2.29. The molecule has 0 spiro atoms.